The molecule has 1 heterocycles. The van der Waals surface area contributed by atoms with Crippen molar-refractivity contribution < 1.29 is 17.9 Å². The van der Waals surface area contributed by atoms with Gasteiger partial charge in [0.05, 0.1) is 23.1 Å². The monoisotopic (exact) mass is 297 g/mol. The molecule has 0 saturated heterocycles. The summed E-state index contributed by atoms with van der Waals surface area (Å²) in [5.41, 5.74) is 6.81. The lowest BCUT2D eigenvalue weighted by atomic mass is 10.2. The highest BCUT2D eigenvalue weighted by Crippen LogP contribution is 2.31. The summed E-state index contributed by atoms with van der Waals surface area (Å²) in [6, 6.07) is 7.20. The van der Waals surface area contributed by atoms with Gasteiger partial charge in [0, 0.05) is 18.3 Å². The molecule has 0 radical (unpaired) electrons. The quantitative estimate of drug-likeness (QED) is 0.828. The van der Waals surface area contributed by atoms with Crippen molar-refractivity contribution >= 4 is 11.4 Å². The molecule has 0 aliphatic rings. The first-order valence-corrected chi connectivity index (χ1v) is 6.18. The standard InChI is InChI=1S/C14H14F3N3O/c1-8(11-4-2-3-5-19-11)20-12-7-13(21-14(16)17)9(15)6-10(12)18/h2-8,14,20H,18H2,1H3. The maximum absolute atomic E-state index is 13.5. The minimum Gasteiger partial charge on any atom is -0.432 e. The molecule has 1 aromatic heterocycles. The van der Waals surface area contributed by atoms with Crippen molar-refractivity contribution in [2.45, 2.75) is 19.6 Å². The van der Waals surface area contributed by atoms with Crippen LogP contribution in [-0.2, 0) is 0 Å². The molecule has 0 aliphatic heterocycles. The Balaban J connectivity index is 2.23. The number of nitrogen functional groups attached to an aromatic ring is 1. The summed E-state index contributed by atoms with van der Waals surface area (Å²) in [4.78, 5) is 4.16. The third-order valence-corrected chi connectivity index (χ3v) is 2.82. The van der Waals surface area contributed by atoms with Crippen molar-refractivity contribution in [2.75, 3.05) is 11.1 Å². The Morgan fingerprint density at radius 1 is 1.29 bits per heavy atom. The van der Waals surface area contributed by atoms with Gasteiger partial charge in [-0.25, -0.2) is 4.39 Å². The zero-order valence-corrected chi connectivity index (χ0v) is 11.2. The lowest BCUT2D eigenvalue weighted by molar-refractivity contribution is -0.0521. The van der Waals surface area contributed by atoms with Crippen molar-refractivity contribution in [1.29, 1.82) is 0 Å². The summed E-state index contributed by atoms with van der Waals surface area (Å²) in [6.45, 7) is -1.29. The van der Waals surface area contributed by atoms with Gasteiger partial charge in [-0.3, -0.25) is 4.98 Å². The molecule has 0 aliphatic carbocycles. The van der Waals surface area contributed by atoms with Gasteiger partial charge in [-0.15, -0.1) is 0 Å². The largest absolute Gasteiger partial charge is 0.432 e. The van der Waals surface area contributed by atoms with E-state index in [1.807, 2.05) is 13.0 Å². The normalized spacial score (nSPS) is 12.2. The molecule has 0 fully saturated rings. The van der Waals surface area contributed by atoms with Crippen LogP contribution in [0.2, 0.25) is 0 Å². The second kappa shape index (κ2) is 6.34. The smallest absolute Gasteiger partial charge is 0.387 e. The van der Waals surface area contributed by atoms with Crippen molar-refractivity contribution in [3.63, 3.8) is 0 Å². The molecule has 2 rings (SSSR count). The number of benzene rings is 1. The Morgan fingerprint density at radius 3 is 2.67 bits per heavy atom. The van der Waals surface area contributed by atoms with Crippen LogP contribution in [0.15, 0.2) is 36.5 Å². The SMILES string of the molecule is CC(Nc1cc(OC(F)F)c(F)cc1N)c1ccccn1. The van der Waals surface area contributed by atoms with Gasteiger partial charge in [0.25, 0.3) is 0 Å². The highest BCUT2D eigenvalue weighted by Gasteiger charge is 2.15. The minimum atomic E-state index is -3.11. The number of ether oxygens (including phenoxy) is 1. The van der Waals surface area contributed by atoms with Crippen LogP contribution in [0.25, 0.3) is 0 Å². The fraction of sp³-hybridized carbons (Fsp3) is 0.214. The summed E-state index contributed by atoms with van der Waals surface area (Å²) in [7, 11) is 0. The van der Waals surface area contributed by atoms with Crippen LogP contribution < -0.4 is 15.8 Å². The van der Waals surface area contributed by atoms with E-state index in [-0.39, 0.29) is 11.7 Å². The van der Waals surface area contributed by atoms with Crippen molar-refractivity contribution in [2.24, 2.45) is 0 Å². The zero-order chi connectivity index (χ0) is 15.4. The van der Waals surface area contributed by atoms with E-state index in [0.29, 0.717) is 5.69 Å². The van der Waals surface area contributed by atoms with Crippen LogP contribution in [0.5, 0.6) is 5.75 Å². The number of hydrogen-bond acceptors (Lipinski definition) is 4. The molecule has 0 saturated carbocycles. The van der Waals surface area contributed by atoms with Gasteiger partial charge < -0.3 is 15.8 Å². The van der Waals surface area contributed by atoms with Crippen LogP contribution in [0.4, 0.5) is 24.5 Å². The van der Waals surface area contributed by atoms with Gasteiger partial charge in [-0.2, -0.15) is 8.78 Å². The fourth-order valence-electron chi connectivity index (χ4n) is 1.82. The third kappa shape index (κ3) is 3.77. The lowest BCUT2D eigenvalue weighted by Crippen LogP contribution is -2.11. The second-order valence-electron chi connectivity index (χ2n) is 4.37. The lowest BCUT2D eigenvalue weighted by Gasteiger charge is -2.17. The number of anilines is 2. The third-order valence-electron chi connectivity index (χ3n) is 2.82. The summed E-state index contributed by atoms with van der Waals surface area (Å²) in [5.74, 6) is -1.50. The molecule has 1 unspecified atom stereocenters. The Kier molecular flexibility index (Phi) is 4.52. The van der Waals surface area contributed by atoms with Gasteiger partial charge in [0.15, 0.2) is 11.6 Å². The first kappa shape index (κ1) is 15.0. The average molecular weight is 297 g/mol. The zero-order valence-electron chi connectivity index (χ0n) is 11.2. The molecule has 1 atom stereocenters. The molecule has 0 amide bonds. The molecule has 4 nitrogen and oxygen atoms in total. The van der Waals surface area contributed by atoms with E-state index in [4.69, 9.17) is 5.73 Å². The number of nitrogens with zero attached hydrogens (tertiary/aromatic N) is 1. The highest BCUT2D eigenvalue weighted by molar-refractivity contribution is 5.69. The number of alkyl halides is 2. The number of pyridine rings is 1. The summed E-state index contributed by atoms with van der Waals surface area (Å²) >= 11 is 0. The van der Waals surface area contributed by atoms with Gasteiger partial charge in [-0.05, 0) is 19.1 Å². The van der Waals surface area contributed by atoms with Crippen molar-refractivity contribution in [3.8, 4) is 5.75 Å². The van der Waals surface area contributed by atoms with Gasteiger partial charge >= 0.3 is 6.61 Å². The maximum atomic E-state index is 13.5. The van der Waals surface area contributed by atoms with Gasteiger partial charge in [0.2, 0.25) is 0 Å². The Bertz CT molecular complexity index is 608. The number of aromatic nitrogens is 1. The van der Waals surface area contributed by atoms with Crippen molar-refractivity contribution in [1.82, 2.24) is 4.98 Å². The molecule has 7 heteroatoms. The fourth-order valence-corrected chi connectivity index (χ4v) is 1.82. The predicted octanol–water partition coefficient (Wildman–Crippen LogP) is 3.58. The molecule has 2 aromatic rings. The number of nitrogens with two attached hydrogens (primary N) is 1. The van der Waals surface area contributed by atoms with Crippen LogP contribution in [0, 0.1) is 5.82 Å². The van der Waals surface area contributed by atoms with E-state index in [9.17, 15) is 13.2 Å². The summed E-state index contributed by atoms with van der Waals surface area (Å²) in [5, 5.41) is 2.99. The van der Waals surface area contributed by atoms with E-state index >= 15 is 0 Å². The molecule has 21 heavy (non-hydrogen) atoms. The van der Waals surface area contributed by atoms with E-state index in [0.717, 1.165) is 17.8 Å². The first-order chi connectivity index (χ1) is 9.97. The summed E-state index contributed by atoms with van der Waals surface area (Å²) < 4.78 is 42.0. The highest BCUT2D eigenvalue weighted by atomic mass is 19.3. The van der Waals surface area contributed by atoms with E-state index in [1.54, 1.807) is 18.3 Å². The molecule has 3 N–H and O–H groups in total. The Hall–Kier alpha value is -2.44. The number of rotatable bonds is 5. The number of hydrogen-bond donors (Lipinski definition) is 2. The molecule has 112 valence electrons. The van der Waals surface area contributed by atoms with Crippen LogP contribution in [-0.4, -0.2) is 11.6 Å². The predicted molar refractivity (Wildman–Crippen MR) is 73.7 cm³/mol. The Labute approximate surface area is 119 Å². The maximum Gasteiger partial charge on any atom is 0.387 e. The van der Waals surface area contributed by atoms with Crippen molar-refractivity contribution in [3.05, 3.63) is 48.0 Å². The topological polar surface area (TPSA) is 60.2 Å². The Morgan fingerprint density at radius 2 is 2.05 bits per heavy atom. The van der Waals surface area contributed by atoms with Crippen LogP contribution in [0.1, 0.15) is 18.7 Å². The summed E-state index contributed by atoms with van der Waals surface area (Å²) in [6.07, 6.45) is 1.63. The molecule has 0 bridgehead atoms. The number of halogens is 3. The van der Waals surface area contributed by atoms with Crippen LogP contribution in [0.3, 0.4) is 0 Å². The molecule has 1 aromatic carbocycles. The van der Waals surface area contributed by atoms with E-state index in [2.05, 4.69) is 15.0 Å². The minimum absolute atomic E-state index is 0.0943. The van der Waals surface area contributed by atoms with E-state index in [1.165, 1.54) is 0 Å². The average Bonchev–Trinajstić information content (AvgIpc) is 2.44. The van der Waals surface area contributed by atoms with Gasteiger partial charge in [0.1, 0.15) is 0 Å². The molecular formula is C14H14F3N3O. The first-order valence-electron chi connectivity index (χ1n) is 6.18. The van der Waals surface area contributed by atoms with Crippen LogP contribution >= 0.6 is 0 Å². The molecular weight excluding hydrogens is 283 g/mol. The number of nitrogens with one attached hydrogen (secondary N) is 1. The van der Waals surface area contributed by atoms with E-state index < -0.39 is 18.2 Å². The van der Waals surface area contributed by atoms with Gasteiger partial charge in [-0.1, -0.05) is 6.07 Å². The molecule has 0 spiro atoms. The second-order valence-corrected chi connectivity index (χ2v) is 4.37.